The molecule has 1 aliphatic carbocycles. The van der Waals surface area contributed by atoms with Crippen molar-refractivity contribution < 1.29 is 0 Å². The fourth-order valence-electron chi connectivity index (χ4n) is 4.31. The van der Waals surface area contributed by atoms with Gasteiger partial charge in [0.1, 0.15) is 0 Å². The van der Waals surface area contributed by atoms with Gasteiger partial charge in [-0.2, -0.15) is 0 Å². The molecule has 0 bridgehead atoms. The molecule has 116 valence electrons. The van der Waals surface area contributed by atoms with Crippen molar-refractivity contribution in [3.05, 3.63) is 35.4 Å². The van der Waals surface area contributed by atoms with E-state index in [1.807, 2.05) is 0 Å². The molecule has 1 aliphatic heterocycles. The van der Waals surface area contributed by atoms with E-state index in [-0.39, 0.29) is 0 Å². The van der Waals surface area contributed by atoms with Crippen LogP contribution in [0.1, 0.15) is 63.6 Å². The minimum atomic E-state index is 0.332. The predicted octanol–water partition coefficient (Wildman–Crippen LogP) is 3.87. The molecule has 0 spiro atoms. The highest BCUT2D eigenvalue weighted by atomic mass is 15.2. The quantitative estimate of drug-likeness (QED) is 0.904. The molecule has 2 nitrogen and oxygen atoms in total. The molecule has 2 aliphatic rings. The number of hydrogen-bond acceptors (Lipinski definition) is 2. The lowest BCUT2D eigenvalue weighted by molar-refractivity contribution is 0.118. The van der Waals surface area contributed by atoms with E-state index in [1.165, 1.54) is 45.3 Å². The van der Waals surface area contributed by atoms with E-state index in [9.17, 15) is 0 Å². The summed E-state index contributed by atoms with van der Waals surface area (Å²) in [5, 5.41) is 3.55. The average Bonchev–Trinajstić information content (AvgIpc) is 3.00. The summed E-state index contributed by atoms with van der Waals surface area (Å²) in [6.45, 7) is 10.7. The molecule has 1 saturated heterocycles. The summed E-state index contributed by atoms with van der Waals surface area (Å²) in [7, 11) is 0. The Kier molecular flexibility index (Phi) is 4.37. The van der Waals surface area contributed by atoms with Crippen molar-refractivity contribution in [1.82, 2.24) is 10.2 Å². The predicted molar refractivity (Wildman–Crippen MR) is 89.7 cm³/mol. The van der Waals surface area contributed by atoms with Crippen LogP contribution in [0.4, 0.5) is 0 Å². The minimum absolute atomic E-state index is 0.332. The van der Waals surface area contributed by atoms with Crippen LogP contribution in [0.25, 0.3) is 0 Å². The van der Waals surface area contributed by atoms with Crippen molar-refractivity contribution in [3.8, 4) is 0 Å². The summed E-state index contributed by atoms with van der Waals surface area (Å²) >= 11 is 0. The fraction of sp³-hybridized carbons (Fsp3) is 0.684. The highest BCUT2D eigenvalue weighted by molar-refractivity contribution is 5.38. The molecule has 1 aromatic rings. The molecule has 21 heavy (non-hydrogen) atoms. The van der Waals surface area contributed by atoms with Gasteiger partial charge in [0.15, 0.2) is 0 Å². The van der Waals surface area contributed by atoms with Crippen molar-refractivity contribution in [2.24, 2.45) is 0 Å². The second-order valence-corrected chi connectivity index (χ2v) is 7.41. The maximum atomic E-state index is 3.55. The lowest BCUT2D eigenvalue weighted by atomic mass is 9.70. The van der Waals surface area contributed by atoms with Crippen molar-refractivity contribution in [2.45, 2.75) is 64.0 Å². The molecular formula is C19H30N2. The smallest absolute Gasteiger partial charge is 0.0354 e. The first-order chi connectivity index (χ1) is 10.1. The van der Waals surface area contributed by atoms with Crippen molar-refractivity contribution in [1.29, 1.82) is 0 Å². The van der Waals surface area contributed by atoms with Gasteiger partial charge in [-0.3, -0.25) is 4.90 Å². The van der Waals surface area contributed by atoms with Gasteiger partial charge < -0.3 is 5.32 Å². The Hall–Kier alpha value is -0.860. The van der Waals surface area contributed by atoms with Gasteiger partial charge in [0, 0.05) is 18.6 Å². The molecule has 0 radical (unpaired) electrons. The molecule has 3 rings (SSSR count). The third kappa shape index (κ3) is 2.89. The van der Waals surface area contributed by atoms with Crippen LogP contribution in [0.5, 0.6) is 0 Å². The van der Waals surface area contributed by atoms with Gasteiger partial charge in [-0.1, -0.05) is 45.0 Å². The molecule has 0 saturated carbocycles. The fourth-order valence-corrected chi connectivity index (χ4v) is 4.31. The van der Waals surface area contributed by atoms with Crippen LogP contribution in [-0.4, -0.2) is 30.6 Å². The van der Waals surface area contributed by atoms with E-state index < -0.39 is 0 Å². The Labute approximate surface area is 129 Å². The minimum Gasteiger partial charge on any atom is -0.315 e. The van der Waals surface area contributed by atoms with Crippen LogP contribution in [0.2, 0.25) is 0 Å². The Balaban J connectivity index is 1.93. The zero-order valence-electron chi connectivity index (χ0n) is 13.9. The van der Waals surface area contributed by atoms with Gasteiger partial charge in [-0.05, 0) is 55.3 Å². The van der Waals surface area contributed by atoms with E-state index in [1.54, 1.807) is 11.1 Å². The lowest BCUT2D eigenvalue weighted by Crippen LogP contribution is -2.43. The zero-order chi connectivity index (χ0) is 14.9. The molecule has 1 N–H and O–H groups in total. The van der Waals surface area contributed by atoms with Crippen LogP contribution < -0.4 is 5.32 Å². The third-order valence-corrected chi connectivity index (χ3v) is 5.48. The number of rotatable bonds is 4. The van der Waals surface area contributed by atoms with Crippen molar-refractivity contribution in [3.63, 3.8) is 0 Å². The summed E-state index contributed by atoms with van der Waals surface area (Å²) in [4.78, 5) is 2.80. The van der Waals surface area contributed by atoms with Crippen molar-refractivity contribution >= 4 is 0 Å². The molecule has 0 aromatic heterocycles. The summed E-state index contributed by atoms with van der Waals surface area (Å²) in [6, 6.07) is 10.5. The van der Waals surface area contributed by atoms with Crippen LogP contribution in [0.3, 0.4) is 0 Å². The molecule has 1 fully saturated rings. The SMILES string of the molecule is CCCN(C1CCNC1)C1CCC(C)(C)c2ccccc21. The number of nitrogens with zero attached hydrogens (tertiary/aromatic N) is 1. The molecular weight excluding hydrogens is 256 g/mol. The largest absolute Gasteiger partial charge is 0.315 e. The number of benzene rings is 1. The van der Waals surface area contributed by atoms with Gasteiger partial charge in [-0.25, -0.2) is 0 Å². The van der Waals surface area contributed by atoms with E-state index in [2.05, 4.69) is 55.3 Å². The zero-order valence-corrected chi connectivity index (χ0v) is 13.9. The van der Waals surface area contributed by atoms with E-state index >= 15 is 0 Å². The first-order valence-electron chi connectivity index (χ1n) is 8.69. The number of hydrogen-bond donors (Lipinski definition) is 1. The second-order valence-electron chi connectivity index (χ2n) is 7.41. The first kappa shape index (κ1) is 15.1. The van der Waals surface area contributed by atoms with E-state index in [4.69, 9.17) is 0 Å². The highest BCUT2D eigenvalue weighted by Gasteiger charge is 2.37. The summed E-state index contributed by atoms with van der Waals surface area (Å²) < 4.78 is 0. The number of fused-ring (bicyclic) bond motifs is 1. The topological polar surface area (TPSA) is 15.3 Å². The Bertz CT molecular complexity index is 474. The maximum absolute atomic E-state index is 3.55. The van der Waals surface area contributed by atoms with Crippen LogP contribution in [-0.2, 0) is 5.41 Å². The molecule has 2 unspecified atom stereocenters. The average molecular weight is 286 g/mol. The summed E-state index contributed by atoms with van der Waals surface area (Å²) in [6.07, 6.45) is 5.16. The maximum Gasteiger partial charge on any atom is 0.0354 e. The normalized spacial score (nSPS) is 27.8. The Morgan fingerprint density at radius 3 is 2.76 bits per heavy atom. The summed E-state index contributed by atoms with van der Waals surface area (Å²) in [5.41, 5.74) is 3.50. The van der Waals surface area contributed by atoms with Gasteiger partial charge in [0.25, 0.3) is 0 Å². The van der Waals surface area contributed by atoms with Gasteiger partial charge in [0.2, 0.25) is 0 Å². The van der Waals surface area contributed by atoms with Crippen LogP contribution >= 0.6 is 0 Å². The molecule has 0 amide bonds. The summed E-state index contributed by atoms with van der Waals surface area (Å²) in [5.74, 6) is 0. The van der Waals surface area contributed by atoms with Gasteiger partial charge in [-0.15, -0.1) is 0 Å². The highest BCUT2D eigenvalue weighted by Crippen LogP contribution is 2.44. The lowest BCUT2D eigenvalue weighted by Gasteiger charge is -2.44. The molecule has 2 atom stereocenters. The van der Waals surface area contributed by atoms with Crippen LogP contribution in [0.15, 0.2) is 24.3 Å². The molecule has 1 heterocycles. The first-order valence-corrected chi connectivity index (χ1v) is 8.69. The second kappa shape index (κ2) is 6.10. The molecule has 2 heteroatoms. The van der Waals surface area contributed by atoms with Crippen molar-refractivity contribution in [2.75, 3.05) is 19.6 Å². The third-order valence-electron chi connectivity index (χ3n) is 5.48. The van der Waals surface area contributed by atoms with E-state index in [0.29, 0.717) is 11.5 Å². The molecule has 1 aromatic carbocycles. The Morgan fingerprint density at radius 2 is 2.05 bits per heavy atom. The standard InChI is InChI=1S/C19H30N2/c1-4-13-21(15-10-12-20-14-15)18-9-11-19(2,3)17-8-6-5-7-16(17)18/h5-8,15,18,20H,4,9-14H2,1-3H3. The van der Waals surface area contributed by atoms with Gasteiger partial charge in [0.05, 0.1) is 0 Å². The number of nitrogens with one attached hydrogen (secondary N) is 1. The monoisotopic (exact) mass is 286 g/mol. The Morgan fingerprint density at radius 1 is 1.24 bits per heavy atom. The van der Waals surface area contributed by atoms with Crippen LogP contribution in [0, 0.1) is 0 Å². The van der Waals surface area contributed by atoms with Gasteiger partial charge >= 0.3 is 0 Å². The van der Waals surface area contributed by atoms with E-state index in [0.717, 1.165) is 6.04 Å².